The predicted octanol–water partition coefficient (Wildman–Crippen LogP) is 20.9. The Morgan fingerprint density at radius 1 is 0.513 bits per heavy atom. The second-order valence-corrected chi connectivity index (χ2v) is 24.1. The molecule has 0 unspecified atom stereocenters. The Hall–Kier alpha value is -8.09. The van der Waals surface area contributed by atoms with Crippen molar-refractivity contribution in [3.05, 3.63) is 203 Å². The average Bonchev–Trinajstić information content (AvgIpc) is 4.23. The second-order valence-electron chi connectivity index (χ2n) is 24.1. The van der Waals surface area contributed by atoms with Crippen LogP contribution in [-0.4, -0.2) is 16.2 Å². The van der Waals surface area contributed by atoms with Crippen molar-refractivity contribution in [2.75, 3.05) is 16.5 Å². The quantitative estimate of drug-likeness (QED) is 0.129. The van der Waals surface area contributed by atoms with Crippen LogP contribution in [0.3, 0.4) is 0 Å². The van der Waals surface area contributed by atoms with Crippen molar-refractivity contribution in [1.82, 2.24) is 9.55 Å². The van der Waals surface area contributed by atoms with E-state index < -0.39 is 0 Å². The number of hydrogen-bond acceptors (Lipinski definition) is 5. The molecule has 0 atom stereocenters. The van der Waals surface area contributed by atoms with Gasteiger partial charge in [0.1, 0.15) is 35.2 Å². The second kappa shape index (κ2) is 19.4. The normalized spacial score (nSPS) is 13.0. The van der Waals surface area contributed by atoms with Gasteiger partial charge in [-0.05, 0) is 149 Å². The molecule has 0 aliphatic carbocycles. The summed E-state index contributed by atoms with van der Waals surface area (Å²) in [4.78, 5) is 10.1. The molecular weight excluding hydrogens is 953 g/mol. The highest BCUT2D eigenvalue weighted by molar-refractivity contribution is 6.24. The number of hydrogen-bond donors (Lipinski definition) is 0. The number of aromatic nitrogens is 2. The highest BCUT2D eigenvalue weighted by Crippen LogP contribution is 2.54. The maximum atomic E-state index is 7.00. The van der Waals surface area contributed by atoms with Gasteiger partial charge in [0, 0.05) is 51.3 Å². The Kier molecular flexibility index (Phi) is 12.6. The van der Waals surface area contributed by atoms with Crippen molar-refractivity contribution in [3.8, 4) is 39.6 Å². The van der Waals surface area contributed by atoms with Crippen LogP contribution < -0.4 is 14.5 Å². The molecular formula is C72H72N4O2. The Morgan fingerprint density at radius 3 is 1.69 bits per heavy atom. The monoisotopic (exact) mass is 1020 g/mol. The number of rotatable bonds is 11. The molecule has 0 bridgehead atoms. The first-order valence-electron chi connectivity index (χ1n) is 28.1. The summed E-state index contributed by atoms with van der Waals surface area (Å²) in [5.41, 5.74) is 23.0. The van der Waals surface area contributed by atoms with E-state index in [0.29, 0.717) is 30.3 Å². The molecule has 78 heavy (non-hydrogen) atoms. The van der Waals surface area contributed by atoms with Crippen LogP contribution in [0.5, 0.6) is 11.5 Å². The molecule has 0 saturated heterocycles. The first kappa shape index (κ1) is 50.7. The molecule has 6 heteroatoms. The molecule has 1 aliphatic heterocycles. The lowest BCUT2D eigenvalue weighted by Gasteiger charge is -2.31. The van der Waals surface area contributed by atoms with Gasteiger partial charge in [-0.1, -0.05) is 166 Å². The van der Waals surface area contributed by atoms with E-state index in [0.717, 1.165) is 72.4 Å². The predicted molar refractivity (Wildman–Crippen MR) is 330 cm³/mol. The van der Waals surface area contributed by atoms with E-state index >= 15 is 0 Å². The molecule has 1 aliphatic rings. The number of aryl methyl sites for hydroxylation is 2. The Balaban J connectivity index is 1.00. The largest absolute Gasteiger partial charge is 0.457 e. The zero-order chi connectivity index (χ0) is 54.5. The van der Waals surface area contributed by atoms with E-state index in [1.54, 1.807) is 0 Å². The fourth-order valence-electron chi connectivity index (χ4n) is 12.4. The number of nitrogens with zero attached hydrogens (tertiary/aromatic N) is 4. The minimum atomic E-state index is -0.0638. The van der Waals surface area contributed by atoms with E-state index in [1.165, 1.54) is 72.6 Å². The van der Waals surface area contributed by atoms with E-state index in [4.69, 9.17) is 14.1 Å². The van der Waals surface area contributed by atoms with Crippen molar-refractivity contribution in [2.24, 2.45) is 0 Å². The molecule has 12 rings (SSSR count). The zero-order valence-corrected chi connectivity index (χ0v) is 47.7. The third-order valence-corrected chi connectivity index (χ3v) is 16.2. The summed E-state index contributed by atoms with van der Waals surface area (Å²) in [7, 11) is 0. The lowest BCUT2D eigenvalue weighted by Crippen LogP contribution is -2.25. The first-order valence-corrected chi connectivity index (χ1v) is 28.1. The topological polar surface area (TPSA) is 46.7 Å². The van der Waals surface area contributed by atoms with E-state index in [9.17, 15) is 0 Å². The summed E-state index contributed by atoms with van der Waals surface area (Å²) >= 11 is 0. The summed E-state index contributed by atoms with van der Waals surface area (Å²) in [5.74, 6) is 3.63. The first-order chi connectivity index (χ1) is 37.4. The SMILES string of the molecule is Cc1cc(C(C)C)c(-c2cccc(-c3c(C(C)C)cc(C)cc3C(C)C)c2N2CN(c3cccc(Oc4ccc5c6c7oc8ccccc8c7ccc6n(-c6cc(C(C)(C)C)ccn6)c5c4)c3)c3ccccc32)c(C(C)C)c1. The van der Waals surface area contributed by atoms with Crippen LogP contribution in [0.4, 0.5) is 22.7 Å². The Bertz CT molecular complexity index is 4000. The summed E-state index contributed by atoms with van der Waals surface area (Å²) in [6, 6.07) is 57.9. The Morgan fingerprint density at radius 2 is 1.08 bits per heavy atom. The lowest BCUT2D eigenvalue weighted by atomic mass is 9.79. The highest BCUT2D eigenvalue weighted by Gasteiger charge is 2.34. The van der Waals surface area contributed by atoms with Crippen molar-refractivity contribution in [1.29, 1.82) is 0 Å². The van der Waals surface area contributed by atoms with Gasteiger partial charge in [0.05, 0.1) is 33.5 Å². The third-order valence-electron chi connectivity index (χ3n) is 16.2. The molecule has 11 aromatic rings. The van der Waals surface area contributed by atoms with Crippen LogP contribution in [0.2, 0.25) is 0 Å². The van der Waals surface area contributed by atoms with Crippen molar-refractivity contribution >= 4 is 66.5 Å². The van der Waals surface area contributed by atoms with Gasteiger partial charge in [0.25, 0.3) is 0 Å². The van der Waals surface area contributed by atoms with E-state index in [-0.39, 0.29) is 5.41 Å². The van der Waals surface area contributed by atoms with Crippen molar-refractivity contribution in [2.45, 2.75) is 119 Å². The smallest absolute Gasteiger partial charge is 0.145 e. The zero-order valence-electron chi connectivity index (χ0n) is 47.7. The molecule has 6 nitrogen and oxygen atoms in total. The molecule has 0 fully saturated rings. The van der Waals surface area contributed by atoms with E-state index in [2.05, 4.69) is 256 Å². The number of anilines is 4. The van der Waals surface area contributed by atoms with E-state index in [1.807, 2.05) is 12.3 Å². The summed E-state index contributed by atoms with van der Waals surface area (Å²) in [6.07, 6.45) is 1.93. The van der Waals surface area contributed by atoms with Crippen LogP contribution in [0, 0.1) is 13.8 Å². The van der Waals surface area contributed by atoms with Crippen LogP contribution in [-0.2, 0) is 5.41 Å². The fraction of sp³-hybridized carbons (Fsp3) is 0.264. The lowest BCUT2D eigenvalue weighted by molar-refractivity contribution is 0.483. The molecule has 0 amide bonds. The number of para-hydroxylation sites is 4. The molecule has 392 valence electrons. The molecule has 0 radical (unpaired) electrons. The molecule has 0 N–H and O–H groups in total. The van der Waals surface area contributed by atoms with Gasteiger partial charge >= 0.3 is 0 Å². The van der Waals surface area contributed by atoms with Crippen LogP contribution >= 0.6 is 0 Å². The van der Waals surface area contributed by atoms with Crippen molar-refractivity contribution in [3.63, 3.8) is 0 Å². The molecule has 8 aromatic carbocycles. The average molecular weight is 1030 g/mol. The minimum absolute atomic E-state index is 0.0638. The maximum absolute atomic E-state index is 7.00. The fourth-order valence-corrected chi connectivity index (χ4v) is 12.4. The van der Waals surface area contributed by atoms with Gasteiger partial charge < -0.3 is 19.0 Å². The molecule has 3 aromatic heterocycles. The summed E-state index contributed by atoms with van der Waals surface area (Å²) in [5, 5.41) is 4.34. The summed E-state index contributed by atoms with van der Waals surface area (Å²) in [6.45, 7) is 30.6. The minimum Gasteiger partial charge on any atom is -0.457 e. The third kappa shape index (κ3) is 8.61. The van der Waals surface area contributed by atoms with Gasteiger partial charge in [-0.25, -0.2) is 4.98 Å². The highest BCUT2D eigenvalue weighted by atomic mass is 16.5. The van der Waals surface area contributed by atoms with Gasteiger partial charge in [0.2, 0.25) is 0 Å². The van der Waals surface area contributed by atoms with Gasteiger partial charge in [-0.2, -0.15) is 0 Å². The van der Waals surface area contributed by atoms with Crippen LogP contribution in [0.25, 0.3) is 71.8 Å². The number of benzene rings is 8. The molecule has 0 saturated carbocycles. The van der Waals surface area contributed by atoms with Crippen LogP contribution in [0.1, 0.15) is 139 Å². The standard InChI is InChI=1S/C72H72N4O2/c1-42(2)57-34-46(9)35-58(43(3)4)67(57)55-23-19-24-56(68-59(44(5)6)36-47(10)37-60(68)45(7)8)70(55)75-41-74(61-25-15-16-26-62(61)75)49-20-18-21-50(39-49)77-51-28-29-54-64(40-51)76(66-38-48(32-33-73-66)72(11,12)13)63-31-30-53-52-22-14-17-27-65(52)78-71(53)69(54)63/h14-40,42-45H,41H2,1-13H3. The summed E-state index contributed by atoms with van der Waals surface area (Å²) < 4.78 is 16.0. The Labute approximate surface area is 460 Å². The van der Waals surface area contributed by atoms with Crippen molar-refractivity contribution < 1.29 is 9.15 Å². The van der Waals surface area contributed by atoms with Gasteiger partial charge in [0.15, 0.2) is 0 Å². The number of ether oxygens (including phenoxy) is 1. The number of furan rings is 1. The maximum Gasteiger partial charge on any atom is 0.145 e. The molecule has 4 heterocycles. The van der Waals surface area contributed by atoms with Gasteiger partial charge in [-0.15, -0.1) is 0 Å². The van der Waals surface area contributed by atoms with Crippen LogP contribution in [0.15, 0.2) is 168 Å². The number of pyridine rings is 1. The number of fused-ring (bicyclic) bond motifs is 8. The van der Waals surface area contributed by atoms with Gasteiger partial charge in [-0.3, -0.25) is 4.57 Å². The molecule has 0 spiro atoms.